The molecule has 0 bridgehead atoms. The summed E-state index contributed by atoms with van der Waals surface area (Å²) in [5.74, 6) is 0. The highest BCUT2D eigenvalue weighted by molar-refractivity contribution is 8.24. The van der Waals surface area contributed by atoms with Crippen LogP contribution in [0.1, 0.15) is 11.2 Å². The van der Waals surface area contributed by atoms with Gasteiger partial charge >= 0.3 is 0 Å². The van der Waals surface area contributed by atoms with E-state index in [0.29, 0.717) is 0 Å². The third kappa shape index (κ3) is 5.78. The van der Waals surface area contributed by atoms with Gasteiger partial charge in [-0.05, 0) is 44.1 Å². The Morgan fingerprint density at radius 1 is 0.381 bits per heavy atom. The van der Waals surface area contributed by atoms with Gasteiger partial charge in [0.1, 0.15) is 0 Å². The third-order valence-corrected chi connectivity index (χ3v) is 18.6. The first-order valence-corrected chi connectivity index (χ1v) is 20.0. The monoisotopic (exact) mass is 614 g/mol. The highest BCUT2D eigenvalue weighted by atomic mass is 32.4. The lowest BCUT2D eigenvalue weighted by Gasteiger charge is -2.37. The largest absolute Gasteiger partial charge is 0.0876 e. The van der Waals surface area contributed by atoms with Gasteiger partial charge in [-0.15, -0.1) is 0 Å². The van der Waals surface area contributed by atoms with Crippen LogP contribution in [0.4, 0.5) is 0 Å². The second-order valence-electron chi connectivity index (χ2n) is 10.4. The fraction of sp³-hybridized carbons (Fsp3) is 0.0526. The van der Waals surface area contributed by atoms with Crippen molar-refractivity contribution in [2.45, 2.75) is 5.66 Å². The Labute approximate surface area is 260 Å². The minimum absolute atomic E-state index is 0.0494. The van der Waals surface area contributed by atoms with E-state index < -0.39 is 12.1 Å². The molecule has 0 spiro atoms. The van der Waals surface area contributed by atoms with Crippen molar-refractivity contribution in [2.24, 2.45) is 0 Å². The van der Waals surface area contributed by atoms with Gasteiger partial charge in [-0.25, -0.2) is 0 Å². The third-order valence-electron chi connectivity index (χ3n) is 7.90. The predicted octanol–water partition coefficient (Wildman–Crippen LogP) is 8.66. The van der Waals surface area contributed by atoms with Crippen LogP contribution >= 0.6 is 12.1 Å². The summed E-state index contributed by atoms with van der Waals surface area (Å²) in [5.41, 5.74) is 3.72. The van der Waals surface area contributed by atoms with Crippen molar-refractivity contribution in [1.29, 1.82) is 0 Å². The molecule has 0 fully saturated rings. The van der Waals surface area contributed by atoms with Gasteiger partial charge in [-0.3, -0.25) is 0 Å². The molecule has 6 aromatic rings. The molecule has 1 unspecified atom stereocenters. The van der Waals surface area contributed by atoms with E-state index in [4.69, 9.17) is 23.6 Å². The van der Waals surface area contributed by atoms with E-state index in [-0.39, 0.29) is 5.66 Å². The van der Waals surface area contributed by atoms with Crippen LogP contribution in [-0.4, -0.2) is 6.16 Å². The van der Waals surface area contributed by atoms with Crippen LogP contribution in [0, 0.1) is 0 Å². The van der Waals surface area contributed by atoms with Crippen molar-refractivity contribution in [2.75, 3.05) is 6.16 Å². The fourth-order valence-electron chi connectivity index (χ4n) is 5.71. The molecule has 0 N–H and O–H groups in total. The summed E-state index contributed by atoms with van der Waals surface area (Å²) < 4.78 is 0. The van der Waals surface area contributed by atoms with Crippen molar-refractivity contribution in [3.05, 3.63) is 181 Å². The van der Waals surface area contributed by atoms with Crippen molar-refractivity contribution in [3.63, 3.8) is 0 Å². The lowest BCUT2D eigenvalue weighted by molar-refractivity contribution is 1.10. The van der Waals surface area contributed by atoms with Crippen LogP contribution in [0.3, 0.4) is 0 Å². The molecule has 6 rings (SSSR count). The molecule has 0 heterocycles. The zero-order valence-corrected chi connectivity index (χ0v) is 26.7. The summed E-state index contributed by atoms with van der Waals surface area (Å²) in [6.07, 6.45) is 0.808. The molecular formula is C38H32P2S2. The van der Waals surface area contributed by atoms with Crippen LogP contribution in [0.15, 0.2) is 176 Å². The summed E-state index contributed by atoms with van der Waals surface area (Å²) in [6, 6.07) is 58.1. The molecule has 0 nitrogen and oxygen atoms in total. The smallest absolute Gasteiger partial charge is 0.0260 e. The van der Waals surface area contributed by atoms with Crippen LogP contribution in [0.2, 0.25) is 0 Å². The summed E-state index contributed by atoms with van der Waals surface area (Å²) in [6.45, 7) is 0. The molecule has 0 saturated carbocycles. The van der Waals surface area contributed by atoms with Crippen molar-refractivity contribution in [1.82, 2.24) is 0 Å². The topological polar surface area (TPSA) is 0 Å². The van der Waals surface area contributed by atoms with Gasteiger partial charge in [0.15, 0.2) is 0 Å². The lowest BCUT2D eigenvalue weighted by Crippen LogP contribution is -2.27. The molecule has 6 aromatic carbocycles. The maximum atomic E-state index is 7.02. The Hall–Kier alpha value is -3.38. The molecule has 4 heteroatoms. The van der Waals surface area contributed by atoms with Gasteiger partial charge in [0.05, 0.1) is 0 Å². The quantitative estimate of drug-likeness (QED) is 0.150. The molecule has 0 radical (unpaired) electrons. The Balaban J connectivity index is 1.58. The molecule has 0 aromatic heterocycles. The SMILES string of the molecule is S=P(CC(c1ccc(-c2ccccc2)cc1)P(=S)(c1ccccc1)c1ccccc1)(c1ccccc1)c1ccccc1. The van der Waals surface area contributed by atoms with Gasteiger partial charge in [0, 0.05) is 17.7 Å². The second-order valence-corrected chi connectivity index (χ2v) is 19.9. The summed E-state index contributed by atoms with van der Waals surface area (Å²) in [7, 11) is 0. The zero-order chi connectivity index (χ0) is 28.8. The van der Waals surface area contributed by atoms with E-state index in [1.54, 1.807) is 0 Å². The highest BCUT2D eigenvalue weighted by Crippen LogP contribution is 2.63. The van der Waals surface area contributed by atoms with Crippen LogP contribution in [-0.2, 0) is 23.6 Å². The number of hydrogen-bond donors (Lipinski definition) is 0. The molecule has 0 aliphatic carbocycles. The van der Waals surface area contributed by atoms with Gasteiger partial charge in [-0.2, -0.15) is 0 Å². The van der Waals surface area contributed by atoms with E-state index >= 15 is 0 Å². The first-order valence-electron chi connectivity index (χ1n) is 14.2. The summed E-state index contributed by atoms with van der Waals surface area (Å²) >= 11 is 13.9. The molecule has 0 amide bonds. The minimum Gasteiger partial charge on any atom is -0.0876 e. The molecule has 42 heavy (non-hydrogen) atoms. The van der Waals surface area contributed by atoms with Gasteiger partial charge < -0.3 is 0 Å². The van der Waals surface area contributed by atoms with Gasteiger partial charge in [0.2, 0.25) is 0 Å². The Morgan fingerprint density at radius 2 is 0.714 bits per heavy atom. The van der Waals surface area contributed by atoms with E-state index in [2.05, 4.69) is 176 Å². The number of hydrogen-bond acceptors (Lipinski definition) is 2. The van der Waals surface area contributed by atoms with E-state index in [1.165, 1.54) is 37.9 Å². The average Bonchev–Trinajstić information content (AvgIpc) is 3.09. The maximum Gasteiger partial charge on any atom is 0.0260 e. The van der Waals surface area contributed by atoms with Crippen molar-refractivity contribution in [3.8, 4) is 11.1 Å². The second kappa shape index (κ2) is 12.9. The first-order chi connectivity index (χ1) is 20.6. The molecular weight excluding hydrogens is 583 g/mol. The number of rotatable bonds is 9. The van der Waals surface area contributed by atoms with E-state index in [0.717, 1.165) is 6.16 Å². The Morgan fingerprint density at radius 3 is 1.12 bits per heavy atom. The molecule has 1 atom stereocenters. The minimum atomic E-state index is -2.39. The normalized spacial score (nSPS) is 12.5. The van der Waals surface area contributed by atoms with Gasteiger partial charge in [0.25, 0.3) is 0 Å². The summed E-state index contributed by atoms with van der Waals surface area (Å²) in [4.78, 5) is 0. The first kappa shape index (κ1) is 28.7. The fourth-order valence-corrected chi connectivity index (χ4v) is 16.1. The lowest BCUT2D eigenvalue weighted by atomic mass is 10.0. The van der Waals surface area contributed by atoms with Crippen molar-refractivity contribution < 1.29 is 0 Å². The van der Waals surface area contributed by atoms with Crippen LogP contribution in [0.5, 0.6) is 0 Å². The maximum absolute atomic E-state index is 7.02. The molecule has 206 valence electrons. The molecule has 0 aliphatic heterocycles. The average molecular weight is 615 g/mol. The molecule has 0 aliphatic rings. The predicted molar refractivity (Wildman–Crippen MR) is 192 cm³/mol. The number of benzene rings is 6. The summed E-state index contributed by atoms with van der Waals surface area (Å²) in [5, 5.41) is 4.93. The van der Waals surface area contributed by atoms with Gasteiger partial charge in [-0.1, -0.05) is 200 Å². The molecule has 0 saturated heterocycles. The van der Waals surface area contributed by atoms with Crippen molar-refractivity contribution >= 4 is 56.9 Å². The Kier molecular flexibility index (Phi) is 8.80. The van der Waals surface area contributed by atoms with Crippen LogP contribution in [0.25, 0.3) is 11.1 Å². The highest BCUT2D eigenvalue weighted by Gasteiger charge is 2.38. The van der Waals surface area contributed by atoms with Crippen LogP contribution < -0.4 is 21.2 Å². The van der Waals surface area contributed by atoms with E-state index in [9.17, 15) is 0 Å². The van der Waals surface area contributed by atoms with E-state index in [1.807, 2.05) is 0 Å². The Bertz CT molecular complexity index is 1740. The zero-order valence-electron chi connectivity index (χ0n) is 23.2. The standard InChI is InChI=1S/C38H32P2S2/c41-39(34-18-8-2-9-19-34,35-20-10-3-11-21-35)30-38(33-28-26-32(27-29-33)31-16-6-1-7-17-31)40(42,36-22-12-4-13-23-36)37-24-14-5-15-25-37/h1-29,38H,30H2.